The van der Waals surface area contributed by atoms with Crippen LogP contribution in [-0.4, -0.2) is 21.7 Å². The predicted octanol–water partition coefficient (Wildman–Crippen LogP) is 1.37. The van der Waals surface area contributed by atoms with Gasteiger partial charge >= 0.3 is 7.12 Å². The van der Waals surface area contributed by atoms with E-state index >= 15 is 0 Å². The van der Waals surface area contributed by atoms with Crippen molar-refractivity contribution in [3.05, 3.63) is 66.4 Å². The van der Waals surface area contributed by atoms with Gasteiger partial charge in [0.05, 0.1) is 0 Å². The van der Waals surface area contributed by atoms with Crippen molar-refractivity contribution in [1.29, 1.82) is 0 Å². The van der Waals surface area contributed by atoms with Crippen LogP contribution in [0.15, 0.2) is 60.8 Å². The van der Waals surface area contributed by atoms with Crippen LogP contribution in [0.4, 0.5) is 0 Å². The van der Waals surface area contributed by atoms with E-state index < -0.39 is 7.12 Å². The Balaban J connectivity index is 1.97. The third-order valence-electron chi connectivity index (χ3n) is 3.29. The first kappa shape index (κ1) is 12.0. The molecule has 0 amide bonds. The molecule has 0 spiro atoms. The van der Waals surface area contributed by atoms with Gasteiger partial charge in [0.2, 0.25) is 0 Å². The van der Waals surface area contributed by atoms with Crippen molar-refractivity contribution in [3.63, 3.8) is 0 Å². The fraction of sp³-hybridized carbons (Fsp3) is 0.0667. The number of rotatable bonds is 3. The highest BCUT2D eigenvalue weighted by atomic mass is 16.4. The van der Waals surface area contributed by atoms with Crippen LogP contribution in [0.3, 0.4) is 0 Å². The molecule has 0 atom stereocenters. The van der Waals surface area contributed by atoms with E-state index in [1.165, 1.54) is 5.56 Å². The molecule has 0 saturated carbocycles. The average Bonchev–Trinajstić information content (AvgIpc) is 2.82. The zero-order chi connectivity index (χ0) is 13.2. The summed E-state index contributed by atoms with van der Waals surface area (Å²) in [4.78, 5) is 0. The molecule has 3 nitrogen and oxygen atoms in total. The van der Waals surface area contributed by atoms with E-state index in [4.69, 9.17) is 0 Å². The van der Waals surface area contributed by atoms with E-state index in [1.807, 2.05) is 42.6 Å². The monoisotopic (exact) mass is 251 g/mol. The Morgan fingerprint density at radius 3 is 2.47 bits per heavy atom. The predicted molar refractivity (Wildman–Crippen MR) is 77.3 cm³/mol. The SMILES string of the molecule is OB(O)c1ccc2c(ccn2Cc2ccccc2)c1. The van der Waals surface area contributed by atoms with E-state index in [2.05, 4.69) is 16.7 Å². The molecule has 3 rings (SSSR count). The topological polar surface area (TPSA) is 45.4 Å². The highest BCUT2D eigenvalue weighted by Crippen LogP contribution is 2.16. The first-order valence-electron chi connectivity index (χ1n) is 6.23. The molecule has 2 N–H and O–H groups in total. The maximum atomic E-state index is 9.17. The Bertz CT molecular complexity index is 692. The van der Waals surface area contributed by atoms with Crippen molar-refractivity contribution >= 4 is 23.5 Å². The lowest BCUT2D eigenvalue weighted by molar-refractivity contribution is 0.426. The zero-order valence-electron chi connectivity index (χ0n) is 10.4. The summed E-state index contributed by atoms with van der Waals surface area (Å²) in [6, 6.07) is 17.7. The van der Waals surface area contributed by atoms with Gasteiger partial charge in [0, 0.05) is 18.3 Å². The van der Waals surface area contributed by atoms with Crippen LogP contribution in [-0.2, 0) is 6.54 Å². The fourth-order valence-corrected chi connectivity index (χ4v) is 2.30. The van der Waals surface area contributed by atoms with Gasteiger partial charge < -0.3 is 14.6 Å². The summed E-state index contributed by atoms with van der Waals surface area (Å²) in [5, 5.41) is 19.4. The average molecular weight is 251 g/mol. The van der Waals surface area contributed by atoms with Crippen molar-refractivity contribution in [1.82, 2.24) is 4.57 Å². The number of fused-ring (bicyclic) bond motifs is 1. The lowest BCUT2D eigenvalue weighted by atomic mass is 9.80. The van der Waals surface area contributed by atoms with Crippen LogP contribution in [0.25, 0.3) is 10.9 Å². The molecule has 94 valence electrons. The van der Waals surface area contributed by atoms with Crippen LogP contribution >= 0.6 is 0 Å². The normalized spacial score (nSPS) is 10.8. The lowest BCUT2D eigenvalue weighted by Crippen LogP contribution is -2.29. The molecular weight excluding hydrogens is 237 g/mol. The minimum Gasteiger partial charge on any atom is -0.423 e. The highest BCUT2D eigenvalue weighted by Gasteiger charge is 2.12. The van der Waals surface area contributed by atoms with Gasteiger partial charge in [-0.15, -0.1) is 0 Å². The molecule has 4 heteroatoms. The van der Waals surface area contributed by atoms with Crippen molar-refractivity contribution in [2.45, 2.75) is 6.54 Å². The molecule has 1 aromatic heterocycles. The van der Waals surface area contributed by atoms with Gasteiger partial charge in [-0.3, -0.25) is 0 Å². The Hall–Kier alpha value is -2.04. The van der Waals surface area contributed by atoms with Gasteiger partial charge in [-0.05, 0) is 28.5 Å². The fourth-order valence-electron chi connectivity index (χ4n) is 2.30. The number of nitrogens with zero attached hydrogens (tertiary/aromatic N) is 1. The minimum absolute atomic E-state index is 0.518. The van der Waals surface area contributed by atoms with Crippen LogP contribution in [0.1, 0.15) is 5.56 Å². The van der Waals surface area contributed by atoms with Crippen LogP contribution < -0.4 is 5.46 Å². The van der Waals surface area contributed by atoms with E-state index in [9.17, 15) is 10.0 Å². The van der Waals surface area contributed by atoms with Gasteiger partial charge in [-0.2, -0.15) is 0 Å². The van der Waals surface area contributed by atoms with Crippen LogP contribution in [0.5, 0.6) is 0 Å². The molecule has 0 bridgehead atoms. The smallest absolute Gasteiger partial charge is 0.423 e. The third kappa shape index (κ3) is 2.41. The molecule has 0 aliphatic rings. The summed E-state index contributed by atoms with van der Waals surface area (Å²) >= 11 is 0. The summed E-state index contributed by atoms with van der Waals surface area (Å²) in [5.41, 5.74) is 2.85. The molecular formula is C15H14BNO2. The maximum Gasteiger partial charge on any atom is 0.488 e. The molecule has 0 aliphatic carbocycles. The van der Waals surface area contributed by atoms with Crippen LogP contribution in [0.2, 0.25) is 0 Å². The second-order valence-electron chi connectivity index (χ2n) is 4.62. The molecule has 0 radical (unpaired) electrons. The summed E-state index contributed by atoms with van der Waals surface area (Å²) in [5.74, 6) is 0. The number of hydrogen-bond donors (Lipinski definition) is 2. The summed E-state index contributed by atoms with van der Waals surface area (Å²) in [6.07, 6.45) is 2.02. The molecule has 0 saturated heterocycles. The summed E-state index contributed by atoms with van der Waals surface area (Å²) in [6.45, 7) is 0.811. The summed E-state index contributed by atoms with van der Waals surface area (Å²) < 4.78 is 2.15. The van der Waals surface area contributed by atoms with Gasteiger partial charge in [0.25, 0.3) is 0 Å². The number of hydrogen-bond acceptors (Lipinski definition) is 2. The molecule has 1 heterocycles. The van der Waals surface area contributed by atoms with Gasteiger partial charge in [0.1, 0.15) is 0 Å². The van der Waals surface area contributed by atoms with Crippen molar-refractivity contribution < 1.29 is 10.0 Å². The Morgan fingerprint density at radius 1 is 0.947 bits per heavy atom. The second-order valence-corrected chi connectivity index (χ2v) is 4.62. The maximum absolute atomic E-state index is 9.17. The molecule has 2 aromatic carbocycles. The highest BCUT2D eigenvalue weighted by molar-refractivity contribution is 6.58. The first-order valence-corrected chi connectivity index (χ1v) is 6.23. The standard InChI is InChI=1S/C15H14BNO2/c18-16(19)14-6-7-15-13(10-14)8-9-17(15)11-12-4-2-1-3-5-12/h1-10,18-19H,11H2. The molecule has 0 fully saturated rings. The third-order valence-corrected chi connectivity index (χ3v) is 3.29. The van der Waals surface area contributed by atoms with E-state index in [-0.39, 0.29) is 0 Å². The van der Waals surface area contributed by atoms with Gasteiger partial charge in [-0.25, -0.2) is 0 Å². The van der Waals surface area contributed by atoms with E-state index in [1.54, 1.807) is 6.07 Å². The molecule has 3 aromatic rings. The van der Waals surface area contributed by atoms with Crippen molar-refractivity contribution in [2.75, 3.05) is 0 Å². The van der Waals surface area contributed by atoms with Gasteiger partial charge in [-0.1, -0.05) is 42.5 Å². The Morgan fingerprint density at radius 2 is 1.74 bits per heavy atom. The number of aromatic nitrogens is 1. The van der Waals surface area contributed by atoms with Crippen molar-refractivity contribution in [2.24, 2.45) is 0 Å². The lowest BCUT2D eigenvalue weighted by Gasteiger charge is -2.06. The van der Waals surface area contributed by atoms with Gasteiger partial charge in [0.15, 0.2) is 0 Å². The van der Waals surface area contributed by atoms with E-state index in [0.717, 1.165) is 17.4 Å². The molecule has 0 unspecified atom stereocenters. The Kier molecular flexibility index (Phi) is 3.11. The minimum atomic E-state index is -1.41. The molecule has 0 aliphatic heterocycles. The quantitative estimate of drug-likeness (QED) is 0.690. The van der Waals surface area contributed by atoms with E-state index in [0.29, 0.717) is 5.46 Å². The summed E-state index contributed by atoms with van der Waals surface area (Å²) in [7, 11) is -1.41. The Labute approximate surface area is 111 Å². The van der Waals surface area contributed by atoms with Crippen LogP contribution in [0, 0.1) is 0 Å². The second kappa shape index (κ2) is 4.92. The largest absolute Gasteiger partial charge is 0.488 e. The number of benzene rings is 2. The zero-order valence-corrected chi connectivity index (χ0v) is 10.4. The first-order chi connectivity index (χ1) is 9.24. The van der Waals surface area contributed by atoms with Crippen molar-refractivity contribution in [3.8, 4) is 0 Å². The molecule has 19 heavy (non-hydrogen) atoms.